The highest BCUT2D eigenvalue weighted by atomic mass is 16.4. The smallest absolute Gasteiger partial charge is 0.226 e. The summed E-state index contributed by atoms with van der Waals surface area (Å²) in [6.45, 7) is 6.61. The lowest BCUT2D eigenvalue weighted by atomic mass is 9.95. The molecule has 0 bridgehead atoms. The number of benzene rings is 1. The third kappa shape index (κ3) is 3.68. The van der Waals surface area contributed by atoms with E-state index in [1.54, 1.807) is 0 Å². The summed E-state index contributed by atoms with van der Waals surface area (Å²) >= 11 is 0. The summed E-state index contributed by atoms with van der Waals surface area (Å²) in [5.74, 6) is 2.17. The lowest BCUT2D eigenvalue weighted by Crippen LogP contribution is -2.41. The van der Waals surface area contributed by atoms with Crippen LogP contribution in [0.1, 0.15) is 37.1 Å². The van der Waals surface area contributed by atoms with Gasteiger partial charge in [0.2, 0.25) is 11.8 Å². The molecule has 0 N–H and O–H groups in total. The van der Waals surface area contributed by atoms with Crippen LogP contribution < -0.4 is 0 Å². The number of rotatable bonds is 4. The lowest BCUT2D eigenvalue weighted by Gasteiger charge is -2.32. The minimum atomic E-state index is 0.211. The highest BCUT2D eigenvalue weighted by Gasteiger charge is 2.30. The Bertz CT molecular complexity index is 742. The van der Waals surface area contributed by atoms with E-state index in [1.807, 2.05) is 37.3 Å². The zero-order valence-corrected chi connectivity index (χ0v) is 15.5. The first kappa shape index (κ1) is 17.3. The van der Waals surface area contributed by atoms with E-state index < -0.39 is 0 Å². The maximum atomic E-state index is 12.6. The van der Waals surface area contributed by atoms with E-state index in [0.29, 0.717) is 11.8 Å². The Hall–Kier alpha value is -2.14. The molecule has 2 aromatic rings. The number of nitrogens with zero attached hydrogens (tertiary/aromatic N) is 3. The van der Waals surface area contributed by atoms with Crippen LogP contribution in [0.2, 0.25) is 0 Å². The van der Waals surface area contributed by atoms with Crippen LogP contribution in [-0.2, 0) is 11.3 Å². The number of likely N-dealkylation sites (tertiary alicyclic amines) is 2. The summed E-state index contributed by atoms with van der Waals surface area (Å²) in [7, 11) is 0. The quantitative estimate of drug-likeness (QED) is 0.844. The van der Waals surface area contributed by atoms with Crippen molar-refractivity contribution in [3.8, 4) is 11.5 Å². The van der Waals surface area contributed by atoms with E-state index in [9.17, 15) is 4.79 Å². The second kappa shape index (κ2) is 7.62. The van der Waals surface area contributed by atoms with Crippen LogP contribution in [0.25, 0.3) is 11.5 Å². The molecule has 0 radical (unpaired) electrons. The molecule has 2 saturated heterocycles. The maximum absolute atomic E-state index is 12.6. The van der Waals surface area contributed by atoms with E-state index >= 15 is 0 Å². The minimum absolute atomic E-state index is 0.211. The predicted molar refractivity (Wildman–Crippen MR) is 100 cm³/mol. The van der Waals surface area contributed by atoms with Crippen LogP contribution in [0.5, 0.6) is 0 Å². The molecule has 2 fully saturated rings. The van der Waals surface area contributed by atoms with Crippen LogP contribution in [0.3, 0.4) is 0 Å². The third-order valence-electron chi connectivity index (χ3n) is 5.64. The van der Waals surface area contributed by atoms with Crippen LogP contribution in [0.15, 0.2) is 34.7 Å². The van der Waals surface area contributed by atoms with Gasteiger partial charge in [-0.15, -0.1) is 0 Å². The second-order valence-corrected chi connectivity index (χ2v) is 7.47. The molecular formula is C21H27N3O2. The van der Waals surface area contributed by atoms with E-state index in [1.165, 1.54) is 12.8 Å². The molecule has 138 valence electrons. The van der Waals surface area contributed by atoms with Gasteiger partial charge in [-0.1, -0.05) is 18.2 Å². The summed E-state index contributed by atoms with van der Waals surface area (Å²) in [4.78, 5) is 21.7. The van der Waals surface area contributed by atoms with Crippen LogP contribution >= 0.6 is 0 Å². The lowest BCUT2D eigenvalue weighted by molar-refractivity contribution is -0.136. The second-order valence-electron chi connectivity index (χ2n) is 7.47. The zero-order valence-electron chi connectivity index (χ0n) is 15.5. The summed E-state index contributed by atoms with van der Waals surface area (Å²) in [5, 5.41) is 0. The van der Waals surface area contributed by atoms with E-state index in [0.717, 1.165) is 62.6 Å². The number of amides is 1. The summed E-state index contributed by atoms with van der Waals surface area (Å²) < 4.78 is 5.87. The zero-order chi connectivity index (χ0) is 17.9. The standard InChI is InChI=1S/C21H27N3O2/c1-16-19(22-20(26-16)17-7-3-2-4-8-17)15-23-13-9-18(10-14-23)21(25)24-11-5-6-12-24/h2-4,7-8,18H,5-6,9-15H2,1H3. The van der Waals surface area contributed by atoms with Gasteiger partial charge in [0.1, 0.15) is 5.76 Å². The van der Waals surface area contributed by atoms with E-state index in [2.05, 4.69) is 9.80 Å². The normalized spacial score (nSPS) is 19.2. The fraction of sp³-hybridized carbons (Fsp3) is 0.524. The maximum Gasteiger partial charge on any atom is 0.226 e. The van der Waals surface area contributed by atoms with Crippen LogP contribution in [0.4, 0.5) is 0 Å². The predicted octanol–water partition coefficient (Wildman–Crippen LogP) is 3.48. The van der Waals surface area contributed by atoms with Gasteiger partial charge in [-0.3, -0.25) is 9.69 Å². The highest BCUT2D eigenvalue weighted by Crippen LogP contribution is 2.25. The molecule has 1 amide bonds. The topological polar surface area (TPSA) is 49.6 Å². The average Bonchev–Trinajstić information content (AvgIpc) is 3.33. The number of aromatic nitrogens is 1. The van der Waals surface area contributed by atoms with Gasteiger partial charge in [0.05, 0.1) is 5.69 Å². The molecule has 2 aliphatic rings. The fourth-order valence-corrected chi connectivity index (χ4v) is 4.02. The van der Waals surface area contributed by atoms with Crippen molar-refractivity contribution in [3.05, 3.63) is 41.8 Å². The molecule has 0 unspecified atom stereocenters. The van der Waals surface area contributed by atoms with Crippen LogP contribution in [0, 0.1) is 12.8 Å². The molecule has 5 heteroatoms. The number of aryl methyl sites for hydroxylation is 1. The average molecular weight is 353 g/mol. The van der Waals surface area contributed by atoms with E-state index in [4.69, 9.17) is 9.40 Å². The number of carbonyl (C=O) groups is 1. The first-order chi connectivity index (χ1) is 12.7. The number of hydrogen-bond donors (Lipinski definition) is 0. The molecule has 0 saturated carbocycles. The van der Waals surface area contributed by atoms with Gasteiger partial charge < -0.3 is 9.32 Å². The number of piperidine rings is 1. The van der Waals surface area contributed by atoms with Gasteiger partial charge in [0.25, 0.3) is 0 Å². The van der Waals surface area contributed by atoms with Gasteiger partial charge in [-0.25, -0.2) is 4.98 Å². The molecule has 0 aliphatic carbocycles. The first-order valence-corrected chi connectivity index (χ1v) is 9.73. The van der Waals surface area contributed by atoms with Crippen molar-refractivity contribution in [3.63, 3.8) is 0 Å². The molecule has 5 nitrogen and oxygen atoms in total. The number of oxazole rings is 1. The fourth-order valence-electron chi connectivity index (χ4n) is 4.02. The van der Waals surface area contributed by atoms with Crippen molar-refractivity contribution in [2.45, 2.75) is 39.2 Å². The molecule has 2 aliphatic heterocycles. The highest BCUT2D eigenvalue weighted by molar-refractivity contribution is 5.79. The van der Waals surface area contributed by atoms with Gasteiger partial charge in [-0.2, -0.15) is 0 Å². The van der Waals surface area contributed by atoms with Crippen molar-refractivity contribution in [2.24, 2.45) is 5.92 Å². The Morgan fingerprint density at radius 2 is 1.81 bits per heavy atom. The summed E-state index contributed by atoms with van der Waals surface area (Å²) in [6, 6.07) is 10.0. The Kier molecular flexibility index (Phi) is 5.07. The van der Waals surface area contributed by atoms with Crippen molar-refractivity contribution in [1.82, 2.24) is 14.8 Å². The molecule has 4 rings (SSSR count). The largest absolute Gasteiger partial charge is 0.441 e. The van der Waals surface area contributed by atoms with Gasteiger partial charge in [0.15, 0.2) is 0 Å². The van der Waals surface area contributed by atoms with Gasteiger partial charge >= 0.3 is 0 Å². The Morgan fingerprint density at radius 1 is 1.12 bits per heavy atom. The number of carbonyl (C=O) groups excluding carboxylic acids is 1. The van der Waals surface area contributed by atoms with Crippen LogP contribution in [-0.4, -0.2) is 46.9 Å². The van der Waals surface area contributed by atoms with Crippen molar-refractivity contribution in [1.29, 1.82) is 0 Å². The Labute approximate surface area is 155 Å². The molecule has 26 heavy (non-hydrogen) atoms. The summed E-state index contributed by atoms with van der Waals surface area (Å²) in [5.41, 5.74) is 2.02. The Morgan fingerprint density at radius 3 is 2.50 bits per heavy atom. The molecule has 3 heterocycles. The number of hydrogen-bond acceptors (Lipinski definition) is 4. The minimum Gasteiger partial charge on any atom is -0.441 e. The van der Waals surface area contributed by atoms with Gasteiger partial charge in [-0.05, 0) is 57.8 Å². The molecule has 1 aromatic carbocycles. The molecule has 0 atom stereocenters. The molecule has 0 spiro atoms. The van der Waals surface area contributed by atoms with Gasteiger partial charge in [0, 0.05) is 31.1 Å². The summed E-state index contributed by atoms with van der Waals surface area (Å²) in [6.07, 6.45) is 4.25. The third-order valence-corrected chi connectivity index (χ3v) is 5.64. The van der Waals surface area contributed by atoms with Crippen molar-refractivity contribution >= 4 is 5.91 Å². The van der Waals surface area contributed by atoms with E-state index in [-0.39, 0.29) is 5.92 Å². The van der Waals surface area contributed by atoms with Crippen molar-refractivity contribution < 1.29 is 9.21 Å². The monoisotopic (exact) mass is 353 g/mol. The SMILES string of the molecule is Cc1oc(-c2ccccc2)nc1CN1CCC(C(=O)N2CCCC2)CC1. The van der Waals surface area contributed by atoms with Crippen molar-refractivity contribution in [2.75, 3.05) is 26.2 Å². The molecular weight excluding hydrogens is 326 g/mol. The molecule has 1 aromatic heterocycles. The first-order valence-electron chi connectivity index (χ1n) is 9.73. The Balaban J connectivity index is 1.34.